The fourth-order valence-electron chi connectivity index (χ4n) is 5.39. The molecule has 0 radical (unpaired) electrons. The van der Waals surface area contributed by atoms with Crippen molar-refractivity contribution in [2.45, 2.75) is 25.4 Å². The first-order chi connectivity index (χ1) is 17.1. The molecule has 1 aliphatic carbocycles. The zero-order valence-corrected chi connectivity index (χ0v) is 20.1. The highest BCUT2D eigenvalue weighted by molar-refractivity contribution is 5.95. The summed E-state index contributed by atoms with van der Waals surface area (Å²) in [5.74, 6) is -0.0670. The van der Waals surface area contributed by atoms with Crippen LogP contribution in [-0.2, 0) is 19.0 Å². The van der Waals surface area contributed by atoms with Gasteiger partial charge in [-0.05, 0) is 48.3 Å². The molecule has 3 heterocycles. The Bertz CT molecular complexity index is 1360. The highest BCUT2D eigenvalue weighted by Crippen LogP contribution is 2.51. The average Bonchev–Trinajstić information content (AvgIpc) is 3.23. The van der Waals surface area contributed by atoms with Crippen LogP contribution in [0.5, 0.6) is 0 Å². The van der Waals surface area contributed by atoms with Gasteiger partial charge in [-0.3, -0.25) is 9.78 Å². The van der Waals surface area contributed by atoms with Gasteiger partial charge in [-0.25, -0.2) is 0 Å². The van der Waals surface area contributed by atoms with Gasteiger partial charge in [0.2, 0.25) is 0 Å². The zero-order chi connectivity index (χ0) is 24.5. The van der Waals surface area contributed by atoms with Gasteiger partial charge in [0.05, 0.1) is 32.2 Å². The van der Waals surface area contributed by atoms with Crippen molar-refractivity contribution in [3.63, 3.8) is 0 Å². The number of fused-ring (bicyclic) bond motifs is 3. The van der Waals surface area contributed by atoms with E-state index in [-0.39, 0.29) is 18.5 Å². The molecule has 2 aliphatic heterocycles. The van der Waals surface area contributed by atoms with Crippen molar-refractivity contribution in [3.8, 4) is 6.07 Å². The summed E-state index contributed by atoms with van der Waals surface area (Å²) >= 11 is 0. The fraction of sp³-hybridized carbons (Fsp3) is 0.321. The maximum absolute atomic E-state index is 12.1. The van der Waals surface area contributed by atoms with Crippen molar-refractivity contribution in [1.29, 1.82) is 5.26 Å². The molecule has 178 valence electrons. The summed E-state index contributed by atoms with van der Waals surface area (Å²) in [5, 5.41) is 11.5. The Labute approximate surface area is 204 Å². The summed E-state index contributed by atoms with van der Waals surface area (Å²) in [6, 6.07) is 12.5. The molecule has 2 atom stereocenters. The fourth-order valence-corrected chi connectivity index (χ4v) is 5.39. The van der Waals surface area contributed by atoms with Crippen LogP contribution < -0.4 is 0 Å². The van der Waals surface area contributed by atoms with Crippen LogP contribution in [0, 0.1) is 17.2 Å². The Morgan fingerprint density at radius 1 is 1.23 bits per heavy atom. The van der Waals surface area contributed by atoms with Crippen LogP contribution in [0.2, 0.25) is 0 Å². The molecule has 2 unspecified atom stereocenters. The first-order valence-electron chi connectivity index (χ1n) is 11.7. The topological polar surface area (TPSA) is 84.7 Å². The number of hydrogen-bond acceptors (Lipinski definition) is 7. The van der Waals surface area contributed by atoms with Gasteiger partial charge < -0.3 is 19.1 Å². The van der Waals surface area contributed by atoms with Crippen LogP contribution in [0.4, 0.5) is 0 Å². The molecule has 3 aliphatic rings. The lowest BCUT2D eigenvalue weighted by atomic mass is 9.84. The number of aromatic nitrogens is 1. The Hall–Kier alpha value is -3.89. The third-order valence-corrected chi connectivity index (χ3v) is 6.99. The van der Waals surface area contributed by atoms with E-state index >= 15 is 0 Å². The number of ether oxygens (including phenoxy) is 3. The molecule has 0 saturated carbocycles. The van der Waals surface area contributed by atoms with Crippen molar-refractivity contribution >= 4 is 22.4 Å². The number of nitrogens with zero attached hydrogens (tertiary/aromatic N) is 3. The molecule has 0 saturated heterocycles. The number of hydrogen-bond donors (Lipinski definition) is 0. The number of para-hydroxylation sites is 1. The predicted molar refractivity (Wildman–Crippen MR) is 131 cm³/mol. The summed E-state index contributed by atoms with van der Waals surface area (Å²) in [5.41, 5.74) is 6.84. The molecule has 0 N–H and O–H groups in total. The standard InChI is InChI=1S/C28H27N3O4/c1-33-24-14-17-11-13-31-23(8-9-26(32)35-3)27(19-10-12-30-22-7-5-4-6-18(19)22)21(16-29)28(31)20(17)15-25(24)34-2/h4-7,10,12,14-15,21,24H,8-9,11,13H2,1-3H3. The van der Waals surface area contributed by atoms with Gasteiger partial charge in [0.25, 0.3) is 0 Å². The van der Waals surface area contributed by atoms with Crippen LogP contribution >= 0.6 is 0 Å². The number of esters is 1. The maximum atomic E-state index is 12.1. The molecule has 0 spiro atoms. The van der Waals surface area contributed by atoms with E-state index in [0.717, 1.165) is 57.5 Å². The van der Waals surface area contributed by atoms with Gasteiger partial charge in [0.15, 0.2) is 0 Å². The third kappa shape index (κ3) is 3.80. The summed E-state index contributed by atoms with van der Waals surface area (Å²) in [6.45, 7) is 0.721. The average molecular weight is 470 g/mol. The zero-order valence-electron chi connectivity index (χ0n) is 20.1. The second kappa shape index (κ2) is 9.40. The smallest absolute Gasteiger partial charge is 0.305 e. The van der Waals surface area contributed by atoms with Gasteiger partial charge >= 0.3 is 5.97 Å². The van der Waals surface area contributed by atoms with E-state index in [9.17, 15) is 10.1 Å². The molecule has 35 heavy (non-hydrogen) atoms. The molecule has 0 fully saturated rings. The van der Waals surface area contributed by atoms with Crippen molar-refractivity contribution in [1.82, 2.24) is 9.88 Å². The lowest BCUT2D eigenvalue weighted by molar-refractivity contribution is -0.140. The van der Waals surface area contributed by atoms with E-state index in [4.69, 9.17) is 14.2 Å². The summed E-state index contributed by atoms with van der Waals surface area (Å²) < 4.78 is 16.2. The number of carbonyl (C=O) groups excluding carboxylic acids is 1. The Morgan fingerprint density at radius 3 is 2.80 bits per heavy atom. The van der Waals surface area contributed by atoms with Crippen LogP contribution in [0.25, 0.3) is 16.5 Å². The van der Waals surface area contributed by atoms with E-state index in [1.165, 1.54) is 7.11 Å². The van der Waals surface area contributed by atoms with Gasteiger partial charge in [-0.1, -0.05) is 18.2 Å². The molecule has 5 rings (SSSR count). The number of rotatable bonds is 6. The molecule has 1 aromatic carbocycles. The van der Waals surface area contributed by atoms with Crippen molar-refractivity contribution in [2.75, 3.05) is 27.9 Å². The van der Waals surface area contributed by atoms with Gasteiger partial charge in [-0.15, -0.1) is 0 Å². The van der Waals surface area contributed by atoms with E-state index in [1.54, 1.807) is 20.4 Å². The summed E-state index contributed by atoms with van der Waals surface area (Å²) in [6.07, 6.45) is 7.14. The van der Waals surface area contributed by atoms with E-state index in [2.05, 4.69) is 22.0 Å². The quantitative estimate of drug-likeness (QED) is 0.576. The number of nitriles is 1. The van der Waals surface area contributed by atoms with E-state index < -0.39 is 5.92 Å². The van der Waals surface area contributed by atoms with Crippen molar-refractivity contribution in [2.24, 2.45) is 5.92 Å². The van der Waals surface area contributed by atoms with Crippen LogP contribution in [0.3, 0.4) is 0 Å². The molecule has 7 heteroatoms. The molecule has 7 nitrogen and oxygen atoms in total. The van der Waals surface area contributed by atoms with Crippen molar-refractivity contribution < 1.29 is 19.0 Å². The molecule has 0 bridgehead atoms. The Morgan fingerprint density at radius 2 is 2.06 bits per heavy atom. The number of methoxy groups -OCH3 is 3. The van der Waals surface area contributed by atoms with Gasteiger partial charge in [0.1, 0.15) is 17.8 Å². The Balaban J connectivity index is 1.73. The third-order valence-electron chi connectivity index (χ3n) is 6.99. The van der Waals surface area contributed by atoms with Crippen LogP contribution in [-0.4, -0.2) is 49.8 Å². The summed E-state index contributed by atoms with van der Waals surface area (Å²) in [4.78, 5) is 18.9. The lowest BCUT2D eigenvalue weighted by Gasteiger charge is -2.35. The monoisotopic (exact) mass is 469 g/mol. The van der Waals surface area contributed by atoms with Gasteiger partial charge in [-0.2, -0.15) is 5.26 Å². The minimum atomic E-state index is -0.499. The minimum absolute atomic E-state index is 0.239. The van der Waals surface area contributed by atoms with Crippen molar-refractivity contribution in [3.05, 3.63) is 82.5 Å². The lowest BCUT2D eigenvalue weighted by Crippen LogP contribution is -2.30. The van der Waals surface area contributed by atoms with E-state index in [1.807, 2.05) is 36.4 Å². The minimum Gasteiger partial charge on any atom is -0.498 e. The second-order valence-corrected chi connectivity index (χ2v) is 8.67. The highest BCUT2D eigenvalue weighted by Gasteiger charge is 2.42. The largest absolute Gasteiger partial charge is 0.498 e. The predicted octanol–water partition coefficient (Wildman–Crippen LogP) is 4.50. The second-order valence-electron chi connectivity index (χ2n) is 8.67. The van der Waals surface area contributed by atoms with Gasteiger partial charge in [0, 0.05) is 47.8 Å². The molecule has 1 aromatic heterocycles. The molecular weight excluding hydrogens is 442 g/mol. The summed E-state index contributed by atoms with van der Waals surface area (Å²) in [7, 11) is 4.69. The Kier molecular flexibility index (Phi) is 6.14. The highest BCUT2D eigenvalue weighted by atomic mass is 16.5. The number of pyridine rings is 1. The maximum Gasteiger partial charge on any atom is 0.305 e. The van der Waals surface area contributed by atoms with Crippen LogP contribution in [0.1, 0.15) is 24.8 Å². The molecule has 0 amide bonds. The molecule has 2 aromatic rings. The first-order valence-corrected chi connectivity index (χ1v) is 11.7. The normalized spacial score (nSPS) is 21.3. The number of allylic oxidation sites excluding steroid dienone is 4. The number of carbonyl (C=O) groups is 1. The first kappa shape index (κ1) is 22.9. The molecular formula is C28H27N3O4. The SMILES string of the molecule is COC(=O)CCC1=C(c2ccnc3ccccc23)C(C#N)C2=C3C=C(OC)C(OC)C=C3CCN12. The number of benzene rings is 1. The van der Waals surface area contributed by atoms with Crippen LogP contribution in [0.15, 0.2) is 77.0 Å². The van der Waals surface area contributed by atoms with E-state index in [0.29, 0.717) is 12.2 Å².